The molecule has 0 bridgehead atoms. The third-order valence-electron chi connectivity index (χ3n) is 2.60. The van der Waals surface area contributed by atoms with E-state index in [9.17, 15) is 23.1 Å². The van der Waals surface area contributed by atoms with Crippen LogP contribution in [0.5, 0.6) is 0 Å². The van der Waals surface area contributed by atoms with Gasteiger partial charge in [-0.25, -0.2) is 0 Å². The Morgan fingerprint density at radius 2 is 2.00 bits per heavy atom. The minimum Gasteiger partial charge on any atom is -0.543 e. The topological polar surface area (TPSA) is 45.1 Å². The van der Waals surface area contributed by atoms with Gasteiger partial charge in [0.2, 0.25) is 0 Å². The lowest BCUT2D eigenvalue weighted by Gasteiger charge is -2.08. The second kappa shape index (κ2) is 3.51. The molecule has 3 nitrogen and oxygen atoms in total. The monoisotopic (exact) mass is 242 g/mol. The van der Waals surface area contributed by atoms with Crippen molar-refractivity contribution < 1.29 is 23.1 Å². The number of rotatable bonds is 1. The number of carbonyl (C=O) groups is 1. The van der Waals surface area contributed by atoms with Crippen LogP contribution in [0.25, 0.3) is 10.9 Å². The van der Waals surface area contributed by atoms with Gasteiger partial charge in [-0.2, -0.15) is 13.2 Å². The maximum atomic E-state index is 12.7. The van der Waals surface area contributed by atoms with Gasteiger partial charge in [-0.3, -0.25) is 0 Å². The summed E-state index contributed by atoms with van der Waals surface area (Å²) >= 11 is 0. The van der Waals surface area contributed by atoms with Crippen molar-refractivity contribution in [2.45, 2.75) is 6.18 Å². The zero-order valence-electron chi connectivity index (χ0n) is 8.71. The number of benzene rings is 1. The molecule has 17 heavy (non-hydrogen) atoms. The molecule has 0 unspecified atom stereocenters. The van der Waals surface area contributed by atoms with Crippen molar-refractivity contribution in [3.05, 3.63) is 35.5 Å². The molecule has 0 spiro atoms. The molecular formula is C11H7F3NO2-. The van der Waals surface area contributed by atoms with E-state index in [2.05, 4.69) is 0 Å². The first-order valence-electron chi connectivity index (χ1n) is 4.69. The molecule has 90 valence electrons. The predicted molar refractivity (Wildman–Crippen MR) is 52.3 cm³/mol. The van der Waals surface area contributed by atoms with Crippen LogP contribution in [-0.4, -0.2) is 10.5 Å². The van der Waals surface area contributed by atoms with Crippen LogP contribution in [0, 0.1) is 0 Å². The predicted octanol–water partition coefficient (Wildman–Crippen LogP) is 1.56. The van der Waals surface area contributed by atoms with Crippen LogP contribution in [-0.2, 0) is 13.2 Å². The Kier molecular flexibility index (Phi) is 2.38. The number of hydrogen-bond acceptors (Lipinski definition) is 2. The molecule has 0 aliphatic carbocycles. The lowest BCUT2D eigenvalue weighted by molar-refractivity contribution is -0.255. The lowest BCUT2D eigenvalue weighted by atomic mass is 10.1. The quantitative estimate of drug-likeness (QED) is 0.761. The van der Waals surface area contributed by atoms with Gasteiger partial charge in [-0.05, 0) is 18.2 Å². The average Bonchev–Trinajstić information content (AvgIpc) is 2.55. The number of halogens is 3. The third kappa shape index (κ3) is 1.75. The van der Waals surface area contributed by atoms with Gasteiger partial charge in [0.15, 0.2) is 0 Å². The molecular weight excluding hydrogens is 235 g/mol. The Labute approximate surface area is 94.1 Å². The molecule has 2 rings (SSSR count). The van der Waals surface area contributed by atoms with Gasteiger partial charge in [0.25, 0.3) is 0 Å². The Morgan fingerprint density at radius 1 is 1.35 bits per heavy atom. The van der Waals surface area contributed by atoms with E-state index in [0.29, 0.717) is 0 Å². The van der Waals surface area contributed by atoms with Crippen LogP contribution in [0.3, 0.4) is 0 Å². The normalized spacial score (nSPS) is 12.0. The zero-order chi connectivity index (χ0) is 12.8. The number of nitrogens with zero attached hydrogens (tertiary/aromatic N) is 1. The van der Waals surface area contributed by atoms with Crippen LogP contribution < -0.4 is 5.11 Å². The Hall–Kier alpha value is -1.98. The molecule has 0 radical (unpaired) electrons. The number of carbonyl (C=O) groups excluding carboxylic acids is 1. The lowest BCUT2D eigenvalue weighted by Crippen LogP contribution is -2.24. The molecule has 2 aromatic rings. The van der Waals surface area contributed by atoms with Crippen molar-refractivity contribution in [3.63, 3.8) is 0 Å². The minimum atomic E-state index is -4.51. The average molecular weight is 242 g/mol. The van der Waals surface area contributed by atoms with Gasteiger partial charge in [0.1, 0.15) is 0 Å². The van der Waals surface area contributed by atoms with Crippen LogP contribution in [0.15, 0.2) is 24.3 Å². The number of carboxylic acids is 1. The minimum absolute atomic E-state index is 0.137. The van der Waals surface area contributed by atoms with Gasteiger partial charge in [-0.15, -0.1) is 0 Å². The summed E-state index contributed by atoms with van der Waals surface area (Å²) < 4.78 is 39.2. The first-order valence-corrected chi connectivity index (χ1v) is 4.69. The smallest absolute Gasteiger partial charge is 0.417 e. The van der Waals surface area contributed by atoms with Gasteiger partial charge in [0.05, 0.1) is 17.2 Å². The zero-order valence-corrected chi connectivity index (χ0v) is 8.71. The molecule has 0 fully saturated rings. The van der Waals surface area contributed by atoms with Gasteiger partial charge in [-0.1, -0.05) is 6.07 Å². The van der Waals surface area contributed by atoms with Crippen molar-refractivity contribution in [1.82, 2.24) is 4.57 Å². The fourth-order valence-electron chi connectivity index (χ4n) is 1.80. The number of alkyl halides is 3. The van der Waals surface area contributed by atoms with Crippen LogP contribution >= 0.6 is 0 Å². The van der Waals surface area contributed by atoms with Gasteiger partial charge in [0, 0.05) is 18.0 Å². The highest BCUT2D eigenvalue weighted by atomic mass is 19.4. The van der Waals surface area contributed by atoms with E-state index in [1.165, 1.54) is 23.7 Å². The summed E-state index contributed by atoms with van der Waals surface area (Å²) in [6, 6.07) is 4.57. The van der Waals surface area contributed by atoms with Crippen molar-refractivity contribution in [2.24, 2.45) is 7.05 Å². The highest BCUT2D eigenvalue weighted by molar-refractivity contribution is 5.95. The summed E-state index contributed by atoms with van der Waals surface area (Å²) in [7, 11) is 1.38. The highest BCUT2D eigenvalue weighted by Crippen LogP contribution is 2.35. The summed E-state index contributed by atoms with van der Waals surface area (Å²) in [6.45, 7) is 0. The molecule has 1 aromatic carbocycles. The fraction of sp³-hybridized carbons (Fsp3) is 0.182. The van der Waals surface area contributed by atoms with Crippen molar-refractivity contribution >= 4 is 16.9 Å². The molecule has 0 saturated heterocycles. The summed E-state index contributed by atoms with van der Waals surface area (Å²) in [4.78, 5) is 10.7. The number of carboxylic acid groups (broad SMARTS) is 1. The molecule has 1 heterocycles. The Bertz CT molecular complexity index is 599. The number of hydrogen-bond donors (Lipinski definition) is 0. The largest absolute Gasteiger partial charge is 0.543 e. The molecule has 0 aliphatic heterocycles. The fourth-order valence-corrected chi connectivity index (χ4v) is 1.80. The van der Waals surface area contributed by atoms with Crippen molar-refractivity contribution in [2.75, 3.05) is 0 Å². The molecule has 0 amide bonds. The Balaban J connectivity index is 2.83. The Morgan fingerprint density at radius 3 is 2.53 bits per heavy atom. The molecule has 0 N–H and O–H groups in total. The van der Waals surface area contributed by atoms with Crippen molar-refractivity contribution in [3.8, 4) is 0 Å². The third-order valence-corrected chi connectivity index (χ3v) is 2.60. The summed E-state index contributed by atoms with van der Waals surface area (Å²) in [5, 5.41) is 10.6. The number of fused-ring (bicyclic) bond motifs is 1. The van der Waals surface area contributed by atoms with Crippen LogP contribution in [0.2, 0.25) is 0 Å². The van der Waals surface area contributed by atoms with E-state index in [-0.39, 0.29) is 16.6 Å². The molecule has 6 heteroatoms. The summed E-state index contributed by atoms with van der Waals surface area (Å²) in [6.07, 6.45) is -4.51. The highest BCUT2D eigenvalue weighted by Gasteiger charge is 2.33. The molecule has 0 saturated carbocycles. The number of aryl methyl sites for hydroxylation is 1. The maximum absolute atomic E-state index is 12.7. The summed E-state index contributed by atoms with van der Waals surface area (Å²) in [5.74, 6) is -1.50. The van der Waals surface area contributed by atoms with E-state index in [1.54, 1.807) is 0 Å². The first-order chi connectivity index (χ1) is 7.82. The molecule has 1 aromatic heterocycles. The first kappa shape index (κ1) is 11.5. The van der Waals surface area contributed by atoms with E-state index < -0.39 is 17.7 Å². The number of aromatic nitrogens is 1. The standard InChI is InChI=1S/C11H8F3NO2/c1-15-8-4-2-3-7(11(12,13)14)6(8)5-9(15)10(16)17/h2-5H,1H3,(H,16,17)/p-1. The second-order valence-electron chi connectivity index (χ2n) is 3.61. The van der Waals surface area contributed by atoms with Crippen molar-refractivity contribution in [1.29, 1.82) is 0 Å². The maximum Gasteiger partial charge on any atom is 0.417 e. The SMILES string of the molecule is Cn1c(C(=O)[O-])cc2c(C(F)(F)F)cccc21. The van der Waals surface area contributed by atoms with E-state index in [1.807, 2.05) is 0 Å². The van der Waals surface area contributed by atoms with Crippen LogP contribution in [0.1, 0.15) is 16.1 Å². The molecule has 0 aliphatic rings. The summed E-state index contributed by atoms with van der Waals surface area (Å²) in [5.41, 5.74) is -0.922. The number of aromatic carboxylic acids is 1. The van der Waals surface area contributed by atoms with Crippen LogP contribution in [0.4, 0.5) is 13.2 Å². The van der Waals surface area contributed by atoms with E-state index in [4.69, 9.17) is 0 Å². The van der Waals surface area contributed by atoms with E-state index in [0.717, 1.165) is 12.1 Å². The van der Waals surface area contributed by atoms with Gasteiger partial charge >= 0.3 is 6.18 Å². The van der Waals surface area contributed by atoms with E-state index >= 15 is 0 Å². The van der Waals surface area contributed by atoms with Gasteiger partial charge < -0.3 is 14.5 Å². The molecule has 0 atom stereocenters. The second-order valence-corrected chi connectivity index (χ2v) is 3.61.